The molecule has 0 saturated carbocycles. The number of hydrogen-bond acceptors (Lipinski definition) is 6. The van der Waals surface area contributed by atoms with Crippen molar-refractivity contribution < 1.29 is 24.0 Å². The molecular formula is C31H41N5O5. The Balaban J connectivity index is 1.49. The van der Waals surface area contributed by atoms with Gasteiger partial charge in [0.15, 0.2) is 0 Å². The second-order valence-electron chi connectivity index (χ2n) is 11.3. The van der Waals surface area contributed by atoms with E-state index in [0.717, 1.165) is 22.6 Å². The van der Waals surface area contributed by atoms with Crippen LogP contribution in [0.1, 0.15) is 51.2 Å². The van der Waals surface area contributed by atoms with Gasteiger partial charge in [-0.15, -0.1) is 0 Å². The Morgan fingerprint density at radius 2 is 1.61 bits per heavy atom. The third kappa shape index (κ3) is 7.71. The number of amides is 5. The number of imide groups is 1. The number of nitrogens with one attached hydrogen (secondary N) is 3. The monoisotopic (exact) mass is 563 g/mol. The van der Waals surface area contributed by atoms with E-state index in [0.29, 0.717) is 32.4 Å². The second-order valence-corrected chi connectivity index (χ2v) is 11.3. The summed E-state index contributed by atoms with van der Waals surface area (Å²) in [5, 5.41) is 3.99. The van der Waals surface area contributed by atoms with E-state index in [1.807, 2.05) is 81.4 Å². The molecule has 0 aromatic heterocycles. The molecular weight excluding hydrogens is 522 g/mol. The number of hydrazine groups is 1. The first kappa shape index (κ1) is 30.2. The number of urea groups is 1. The van der Waals surface area contributed by atoms with E-state index in [1.165, 1.54) is 4.90 Å². The first-order valence-electron chi connectivity index (χ1n) is 14.4. The van der Waals surface area contributed by atoms with Crippen LogP contribution in [0.25, 0.3) is 0 Å². The van der Waals surface area contributed by atoms with Crippen molar-refractivity contribution in [2.24, 2.45) is 17.8 Å². The number of nitrogens with zero attached hydrogens (tertiary/aromatic N) is 2. The Hall–Kier alpha value is -3.76. The number of carbonyl (C=O) groups is 4. The van der Waals surface area contributed by atoms with Crippen LogP contribution in [-0.2, 0) is 32.2 Å². The van der Waals surface area contributed by atoms with Crippen LogP contribution in [0.2, 0.25) is 0 Å². The summed E-state index contributed by atoms with van der Waals surface area (Å²) >= 11 is 0. The number of benzene rings is 2. The van der Waals surface area contributed by atoms with Gasteiger partial charge < -0.3 is 10.2 Å². The Morgan fingerprint density at radius 1 is 0.951 bits per heavy atom. The van der Waals surface area contributed by atoms with Gasteiger partial charge in [-0.05, 0) is 49.7 Å². The molecule has 3 N–H and O–H groups in total. The van der Waals surface area contributed by atoms with Gasteiger partial charge in [0.25, 0.3) is 5.91 Å². The van der Waals surface area contributed by atoms with Gasteiger partial charge in [-0.25, -0.2) is 10.3 Å². The predicted molar refractivity (Wildman–Crippen MR) is 154 cm³/mol. The number of hydroxylamine groups is 1. The Kier molecular flexibility index (Phi) is 10.5. The van der Waals surface area contributed by atoms with Gasteiger partial charge in [0.1, 0.15) is 6.04 Å². The highest BCUT2D eigenvalue weighted by Crippen LogP contribution is 2.28. The van der Waals surface area contributed by atoms with Gasteiger partial charge in [-0.2, -0.15) is 5.01 Å². The number of carbonyl (C=O) groups excluding carboxylic acids is 4. The number of aryl methyl sites for hydroxylation is 1. The molecule has 10 heteroatoms. The summed E-state index contributed by atoms with van der Waals surface area (Å²) in [4.78, 5) is 60.6. The molecule has 2 aromatic rings. The van der Waals surface area contributed by atoms with Gasteiger partial charge in [-0.1, -0.05) is 74.5 Å². The third-order valence-electron chi connectivity index (χ3n) is 7.69. The number of fused-ring (bicyclic) bond motifs is 1. The minimum Gasteiger partial charge on any atom is -0.312 e. The molecule has 2 heterocycles. The molecule has 2 fully saturated rings. The van der Waals surface area contributed by atoms with Crippen molar-refractivity contribution in [3.05, 3.63) is 71.8 Å². The zero-order chi connectivity index (χ0) is 29.4. The van der Waals surface area contributed by atoms with Gasteiger partial charge in [0.05, 0.1) is 18.4 Å². The van der Waals surface area contributed by atoms with Crippen LogP contribution in [0.4, 0.5) is 4.79 Å². The largest absolute Gasteiger partial charge is 0.347 e. The standard InChI is InChI=1S/C31H41N5O5/c1-21(2)17-26(28(37)33-36-30(39)27-19-32-18-22(3)35(27)31(36)40)25(16-10-15-23-11-6-4-7-12-23)29(38)34-41-20-24-13-8-5-9-14-24/h4-9,11-14,21-22,25-27,32H,10,15-20H2,1-3H3,(H,33,37)(H,34,38)/t22?,25-,26+,27?/m0/s1. The van der Waals surface area contributed by atoms with Crippen molar-refractivity contribution in [3.8, 4) is 0 Å². The molecule has 2 saturated heterocycles. The Bertz CT molecular complexity index is 1190. The van der Waals surface area contributed by atoms with E-state index in [1.54, 1.807) is 0 Å². The smallest absolute Gasteiger partial charge is 0.312 e. The quantitative estimate of drug-likeness (QED) is 0.254. The summed E-state index contributed by atoms with van der Waals surface area (Å²) in [6.45, 7) is 6.90. The number of hydrogen-bond donors (Lipinski definition) is 3. The summed E-state index contributed by atoms with van der Waals surface area (Å²) < 4.78 is 0. The van der Waals surface area contributed by atoms with E-state index in [2.05, 4.69) is 16.2 Å². The Morgan fingerprint density at radius 3 is 2.24 bits per heavy atom. The first-order valence-corrected chi connectivity index (χ1v) is 14.4. The highest BCUT2D eigenvalue weighted by Gasteiger charge is 2.50. The molecule has 0 spiro atoms. The molecule has 0 aliphatic carbocycles. The first-order chi connectivity index (χ1) is 19.8. The van der Waals surface area contributed by atoms with Crippen molar-refractivity contribution in [1.82, 2.24) is 26.1 Å². The van der Waals surface area contributed by atoms with Crippen LogP contribution in [0.5, 0.6) is 0 Å². The molecule has 2 unspecified atom stereocenters. The minimum atomic E-state index is -0.778. The maximum atomic E-state index is 13.8. The fourth-order valence-electron chi connectivity index (χ4n) is 5.60. The minimum absolute atomic E-state index is 0.0842. The summed E-state index contributed by atoms with van der Waals surface area (Å²) in [5.41, 5.74) is 7.20. The highest BCUT2D eigenvalue weighted by molar-refractivity contribution is 6.06. The third-order valence-corrected chi connectivity index (χ3v) is 7.69. The lowest BCUT2D eigenvalue weighted by molar-refractivity contribution is -0.147. The van der Waals surface area contributed by atoms with Crippen LogP contribution in [0.15, 0.2) is 60.7 Å². The lowest BCUT2D eigenvalue weighted by Crippen LogP contribution is -2.56. The molecule has 5 amide bonds. The normalized spacial score (nSPS) is 20.1. The average molecular weight is 564 g/mol. The predicted octanol–water partition coefficient (Wildman–Crippen LogP) is 3.19. The fourth-order valence-corrected chi connectivity index (χ4v) is 5.60. The molecule has 0 radical (unpaired) electrons. The van der Waals surface area contributed by atoms with Crippen LogP contribution in [0.3, 0.4) is 0 Å². The maximum Gasteiger partial charge on any atom is 0.347 e. The Labute approximate surface area is 241 Å². The molecule has 4 atom stereocenters. The molecule has 2 aromatic carbocycles. The second kappa shape index (κ2) is 14.2. The molecule has 2 aliphatic rings. The number of piperazine rings is 1. The summed E-state index contributed by atoms with van der Waals surface area (Å²) in [5.74, 6) is -2.82. The van der Waals surface area contributed by atoms with Gasteiger partial charge in [0.2, 0.25) is 11.8 Å². The van der Waals surface area contributed by atoms with Gasteiger partial charge in [0, 0.05) is 19.1 Å². The number of rotatable bonds is 13. The van der Waals surface area contributed by atoms with Crippen molar-refractivity contribution >= 4 is 23.8 Å². The summed E-state index contributed by atoms with van der Waals surface area (Å²) in [6.07, 6.45) is 2.24. The van der Waals surface area contributed by atoms with E-state index in [-0.39, 0.29) is 18.6 Å². The zero-order valence-electron chi connectivity index (χ0n) is 24.0. The van der Waals surface area contributed by atoms with Crippen molar-refractivity contribution in [1.29, 1.82) is 0 Å². The molecule has 2 aliphatic heterocycles. The van der Waals surface area contributed by atoms with E-state index in [9.17, 15) is 19.2 Å². The molecule has 10 nitrogen and oxygen atoms in total. The maximum absolute atomic E-state index is 13.8. The lowest BCUT2D eigenvalue weighted by Gasteiger charge is -2.33. The molecule has 41 heavy (non-hydrogen) atoms. The fraction of sp³-hybridized carbons (Fsp3) is 0.484. The topological polar surface area (TPSA) is 120 Å². The van der Waals surface area contributed by atoms with E-state index >= 15 is 0 Å². The van der Waals surface area contributed by atoms with Crippen molar-refractivity contribution in [2.45, 2.75) is 65.1 Å². The summed E-state index contributed by atoms with van der Waals surface area (Å²) in [7, 11) is 0. The highest BCUT2D eigenvalue weighted by atomic mass is 16.6. The summed E-state index contributed by atoms with van der Waals surface area (Å²) in [6, 6.07) is 18.1. The van der Waals surface area contributed by atoms with E-state index < -0.39 is 41.6 Å². The van der Waals surface area contributed by atoms with Crippen LogP contribution < -0.4 is 16.2 Å². The SMILES string of the molecule is CC(C)C[C@@H](C(=O)NN1C(=O)C2CNCC(C)N2C1=O)[C@H](CCCc1ccccc1)C(=O)NOCc1ccccc1. The van der Waals surface area contributed by atoms with E-state index in [4.69, 9.17) is 4.84 Å². The molecule has 4 rings (SSSR count). The van der Waals surface area contributed by atoms with Crippen LogP contribution in [-0.4, -0.2) is 58.8 Å². The van der Waals surface area contributed by atoms with Crippen LogP contribution >= 0.6 is 0 Å². The van der Waals surface area contributed by atoms with Crippen molar-refractivity contribution in [2.75, 3.05) is 13.1 Å². The zero-order valence-corrected chi connectivity index (χ0v) is 24.0. The average Bonchev–Trinajstić information content (AvgIpc) is 3.20. The van der Waals surface area contributed by atoms with Crippen molar-refractivity contribution in [3.63, 3.8) is 0 Å². The van der Waals surface area contributed by atoms with Gasteiger partial charge >= 0.3 is 6.03 Å². The van der Waals surface area contributed by atoms with Crippen LogP contribution in [0, 0.1) is 17.8 Å². The lowest BCUT2D eigenvalue weighted by atomic mass is 9.81. The molecule has 220 valence electrons. The molecule has 0 bridgehead atoms. The van der Waals surface area contributed by atoms with Gasteiger partial charge in [-0.3, -0.25) is 24.6 Å².